The minimum atomic E-state index is 0. The third-order valence-corrected chi connectivity index (χ3v) is 3.83. The minimum Gasteiger partial charge on any atom is -0.490 e. The fourth-order valence-corrected chi connectivity index (χ4v) is 2.57. The standard InChI is InChI=1S/C21H37N3O3.HI/c1-5-22-21(23-14-9-10-16-25-6-2)24-15-13-18-11-12-19(26-7-3)20(17-18)27-8-4;/h11-12,17H,5-10,13-16H2,1-4H3,(H2,22,23,24);1H. The van der Waals surface area contributed by atoms with Crippen molar-refractivity contribution >= 4 is 29.9 Å². The maximum Gasteiger partial charge on any atom is 0.191 e. The quantitative estimate of drug-likeness (QED) is 0.173. The van der Waals surface area contributed by atoms with Crippen LogP contribution < -0.4 is 20.1 Å². The van der Waals surface area contributed by atoms with E-state index in [0.717, 1.165) is 69.6 Å². The van der Waals surface area contributed by atoms with Gasteiger partial charge in [-0.2, -0.15) is 0 Å². The molecule has 0 atom stereocenters. The lowest BCUT2D eigenvalue weighted by molar-refractivity contribution is 0.144. The zero-order chi connectivity index (χ0) is 19.7. The fourth-order valence-electron chi connectivity index (χ4n) is 2.57. The van der Waals surface area contributed by atoms with Crippen LogP contribution in [0.25, 0.3) is 0 Å². The van der Waals surface area contributed by atoms with Gasteiger partial charge in [0.25, 0.3) is 0 Å². The summed E-state index contributed by atoms with van der Waals surface area (Å²) in [6, 6.07) is 6.14. The minimum absolute atomic E-state index is 0. The van der Waals surface area contributed by atoms with E-state index < -0.39 is 0 Å². The lowest BCUT2D eigenvalue weighted by atomic mass is 10.1. The second-order valence-corrected chi connectivity index (χ2v) is 5.99. The molecule has 7 heteroatoms. The molecule has 0 fully saturated rings. The first-order valence-electron chi connectivity index (χ1n) is 10.2. The van der Waals surface area contributed by atoms with Gasteiger partial charge in [-0.25, -0.2) is 0 Å². The normalized spacial score (nSPS) is 10.9. The van der Waals surface area contributed by atoms with Crippen LogP contribution in [0.15, 0.2) is 23.2 Å². The first-order valence-corrected chi connectivity index (χ1v) is 10.2. The summed E-state index contributed by atoms with van der Waals surface area (Å²) in [5, 5.41) is 6.69. The van der Waals surface area contributed by atoms with Crippen molar-refractivity contribution in [3.8, 4) is 11.5 Å². The number of ether oxygens (including phenoxy) is 3. The van der Waals surface area contributed by atoms with Crippen molar-refractivity contribution < 1.29 is 14.2 Å². The lowest BCUT2D eigenvalue weighted by Crippen LogP contribution is -2.38. The molecule has 0 saturated heterocycles. The Hall–Kier alpha value is -1.22. The highest BCUT2D eigenvalue weighted by atomic mass is 127. The molecule has 0 aliphatic heterocycles. The molecule has 0 heterocycles. The van der Waals surface area contributed by atoms with Gasteiger partial charge >= 0.3 is 0 Å². The van der Waals surface area contributed by atoms with Crippen LogP contribution >= 0.6 is 24.0 Å². The molecule has 6 nitrogen and oxygen atoms in total. The maximum atomic E-state index is 5.70. The Labute approximate surface area is 187 Å². The van der Waals surface area contributed by atoms with Crippen molar-refractivity contribution in [3.63, 3.8) is 0 Å². The second kappa shape index (κ2) is 17.8. The molecular weight excluding hydrogens is 469 g/mol. The lowest BCUT2D eigenvalue weighted by Gasteiger charge is -2.14. The third-order valence-electron chi connectivity index (χ3n) is 3.83. The van der Waals surface area contributed by atoms with Crippen LogP contribution in [-0.4, -0.2) is 52.0 Å². The van der Waals surface area contributed by atoms with E-state index in [1.54, 1.807) is 0 Å². The van der Waals surface area contributed by atoms with E-state index >= 15 is 0 Å². The van der Waals surface area contributed by atoms with Crippen LogP contribution in [0.2, 0.25) is 0 Å². The summed E-state index contributed by atoms with van der Waals surface area (Å²) in [6.45, 7) is 13.4. The summed E-state index contributed by atoms with van der Waals surface area (Å²) in [5.74, 6) is 2.48. The van der Waals surface area contributed by atoms with E-state index in [1.807, 2.05) is 26.8 Å². The molecule has 0 bridgehead atoms. The molecule has 0 amide bonds. The smallest absolute Gasteiger partial charge is 0.191 e. The van der Waals surface area contributed by atoms with Gasteiger partial charge in [0.1, 0.15) is 0 Å². The monoisotopic (exact) mass is 507 g/mol. The number of benzene rings is 1. The average Bonchev–Trinajstić information content (AvgIpc) is 2.67. The SMILES string of the molecule is CCNC(=NCCCCOCC)NCCc1ccc(OCC)c(OCC)c1.I. The van der Waals surface area contributed by atoms with E-state index in [-0.39, 0.29) is 24.0 Å². The van der Waals surface area contributed by atoms with Gasteiger partial charge in [-0.05, 0) is 64.7 Å². The van der Waals surface area contributed by atoms with Gasteiger partial charge in [0.05, 0.1) is 13.2 Å². The van der Waals surface area contributed by atoms with E-state index in [9.17, 15) is 0 Å². The van der Waals surface area contributed by atoms with Crippen molar-refractivity contribution in [3.05, 3.63) is 23.8 Å². The first kappa shape index (κ1) is 26.8. The highest BCUT2D eigenvalue weighted by molar-refractivity contribution is 14.0. The van der Waals surface area contributed by atoms with Crippen molar-refractivity contribution in [2.24, 2.45) is 4.99 Å². The summed E-state index contributed by atoms with van der Waals surface area (Å²) in [7, 11) is 0. The van der Waals surface area contributed by atoms with Crippen molar-refractivity contribution in [1.82, 2.24) is 10.6 Å². The number of rotatable bonds is 14. The summed E-state index contributed by atoms with van der Waals surface area (Å²) in [5.41, 5.74) is 1.21. The van der Waals surface area contributed by atoms with Crippen LogP contribution in [0.5, 0.6) is 11.5 Å². The zero-order valence-electron chi connectivity index (χ0n) is 17.9. The topological polar surface area (TPSA) is 64.1 Å². The number of unbranched alkanes of at least 4 members (excludes halogenated alkanes) is 1. The molecule has 28 heavy (non-hydrogen) atoms. The Bertz CT molecular complexity index is 542. The molecule has 2 N–H and O–H groups in total. The van der Waals surface area contributed by atoms with Crippen molar-refractivity contribution in [1.29, 1.82) is 0 Å². The molecule has 1 rings (SSSR count). The molecule has 0 aromatic heterocycles. The maximum absolute atomic E-state index is 5.70. The van der Waals surface area contributed by atoms with Gasteiger partial charge in [-0.1, -0.05) is 6.07 Å². The summed E-state index contributed by atoms with van der Waals surface area (Å²) in [4.78, 5) is 4.62. The largest absolute Gasteiger partial charge is 0.490 e. The van der Waals surface area contributed by atoms with Crippen LogP contribution in [0.4, 0.5) is 0 Å². The van der Waals surface area contributed by atoms with Gasteiger partial charge in [0, 0.05) is 32.8 Å². The first-order chi connectivity index (χ1) is 13.2. The number of nitrogens with zero attached hydrogens (tertiary/aromatic N) is 1. The molecule has 1 aromatic carbocycles. The number of hydrogen-bond acceptors (Lipinski definition) is 4. The van der Waals surface area contributed by atoms with Crippen LogP contribution in [-0.2, 0) is 11.2 Å². The fraction of sp³-hybridized carbons (Fsp3) is 0.667. The van der Waals surface area contributed by atoms with Crippen LogP contribution in [0.3, 0.4) is 0 Å². The van der Waals surface area contributed by atoms with Crippen LogP contribution in [0.1, 0.15) is 46.1 Å². The highest BCUT2D eigenvalue weighted by Crippen LogP contribution is 2.28. The van der Waals surface area contributed by atoms with E-state index in [0.29, 0.717) is 13.2 Å². The Morgan fingerprint density at radius 1 is 0.929 bits per heavy atom. The Morgan fingerprint density at radius 3 is 2.36 bits per heavy atom. The highest BCUT2D eigenvalue weighted by Gasteiger charge is 2.06. The van der Waals surface area contributed by atoms with E-state index in [4.69, 9.17) is 14.2 Å². The summed E-state index contributed by atoms with van der Waals surface area (Å²) < 4.78 is 16.7. The van der Waals surface area contributed by atoms with E-state index in [1.165, 1.54) is 5.56 Å². The van der Waals surface area contributed by atoms with Crippen molar-refractivity contribution in [2.75, 3.05) is 46.1 Å². The zero-order valence-corrected chi connectivity index (χ0v) is 20.2. The molecule has 0 radical (unpaired) electrons. The van der Waals surface area contributed by atoms with Crippen LogP contribution in [0, 0.1) is 0 Å². The number of nitrogens with one attached hydrogen (secondary N) is 2. The Kier molecular flexibility index (Phi) is 17.1. The summed E-state index contributed by atoms with van der Waals surface area (Å²) >= 11 is 0. The number of aliphatic imine (C=N–C) groups is 1. The molecule has 0 aliphatic rings. The second-order valence-electron chi connectivity index (χ2n) is 5.99. The molecule has 162 valence electrons. The van der Waals surface area contributed by atoms with Gasteiger partial charge in [-0.15, -0.1) is 24.0 Å². The van der Waals surface area contributed by atoms with Gasteiger partial charge in [0.15, 0.2) is 17.5 Å². The molecule has 1 aromatic rings. The molecule has 0 aliphatic carbocycles. The predicted molar refractivity (Wildman–Crippen MR) is 128 cm³/mol. The Balaban J connectivity index is 0.00000729. The predicted octanol–water partition coefficient (Wildman–Crippen LogP) is 4.02. The average molecular weight is 507 g/mol. The van der Waals surface area contributed by atoms with Gasteiger partial charge < -0.3 is 24.8 Å². The molecule has 0 saturated carbocycles. The van der Waals surface area contributed by atoms with E-state index in [2.05, 4.69) is 34.7 Å². The van der Waals surface area contributed by atoms with Crippen molar-refractivity contribution in [2.45, 2.75) is 47.0 Å². The Morgan fingerprint density at radius 2 is 1.68 bits per heavy atom. The molecule has 0 spiro atoms. The third kappa shape index (κ3) is 11.6. The number of halogens is 1. The van der Waals surface area contributed by atoms with Gasteiger partial charge in [0.2, 0.25) is 0 Å². The van der Waals surface area contributed by atoms with Gasteiger partial charge in [-0.3, -0.25) is 4.99 Å². The summed E-state index contributed by atoms with van der Waals surface area (Å²) in [6.07, 6.45) is 2.97. The molecular formula is C21H38IN3O3. The number of hydrogen-bond donors (Lipinski definition) is 2. The number of guanidine groups is 1. The molecule has 0 unspecified atom stereocenters.